The number of anilines is 2. The van der Waals surface area contributed by atoms with E-state index in [4.69, 9.17) is 9.47 Å². The molecule has 0 unspecified atom stereocenters. The minimum Gasteiger partial charge on any atom is -0.496 e. The molecular formula is C24H27N5O7S2. The number of benzene rings is 2. The van der Waals surface area contributed by atoms with Crippen molar-refractivity contribution < 1.29 is 31.1 Å². The molecule has 0 radical (unpaired) electrons. The maximum Gasteiger partial charge on any atom is 0.264 e. The molecular weight excluding hydrogens is 534 g/mol. The molecule has 14 heteroatoms. The van der Waals surface area contributed by atoms with Gasteiger partial charge in [0.2, 0.25) is 16.0 Å². The number of rotatable bonds is 8. The zero-order chi connectivity index (χ0) is 27.5. The van der Waals surface area contributed by atoms with E-state index >= 15 is 0 Å². The van der Waals surface area contributed by atoms with Gasteiger partial charge in [0.05, 0.1) is 35.7 Å². The summed E-state index contributed by atoms with van der Waals surface area (Å²) in [6.07, 6.45) is 0. The van der Waals surface area contributed by atoms with Gasteiger partial charge in [-0.2, -0.15) is 4.31 Å². The van der Waals surface area contributed by atoms with E-state index in [9.17, 15) is 21.6 Å². The number of amides is 1. The first kappa shape index (κ1) is 27.4. The third-order valence-electron chi connectivity index (χ3n) is 5.65. The second-order valence-electron chi connectivity index (χ2n) is 8.44. The molecule has 1 aliphatic heterocycles. The van der Waals surface area contributed by atoms with E-state index in [-0.39, 0.29) is 40.1 Å². The van der Waals surface area contributed by atoms with E-state index in [0.29, 0.717) is 30.3 Å². The Morgan fingerprint density at radius 2 is 1.53 bits per heavy atom. The Kier molecular flexibility index (Phi) is 7.97. The Hall–Kier alpha value is -3.59. The number of carbonyl (C=O) groups excluding carboxylic acids is 1. The standard InChI is InChI=1S/C24H27N5O7S2/c1-16-14-17(2)26-24(25-16)28-37(31,32)19-6-4-18(5-7-19)27-23(30)21-15-20(8-9-22(21)35-3)38(33,34)29-10-12-36-13-11-29/h4-9,14-15H,10-13H2,1-3H3,(H,27,30)(H,25,26,28). The first-order valence-electron chi connectivity index (χ1n) is 11.5. The lowest BCUT2D eigenvalue weighted by Gasteiger charge is -2.26. The summed E-state index contributed by atoms with van der Waals surface area (Å²) in [5, 5.41) is 2.65. The van der Waals surface area contributed by atoms with Crippen LogP contribution in [-0.4, -0.2) is 70.4 Å². The van der Waals surface area contributed by atoms with Crippen molar-refractivity contribution in [3.8, 4) is 5.75 Å². The lowest BCUT2D eigenvalue weighted by atomic mass is 10.2. The van der Waals surface area contributed by atoms with Gasteiger partial charge < -0.3 is 14.8 Å². The van der Waals surface area contributed by atoms with Gasteiger partial charge in [-0.15, -0.1) is 0 Å². The molecule has 1 aromatic heterocycles. The summed E-state index contributed by atoms with van der Waals surface area (Å²) in [6.45, 7) is 4.48. The predicted molar refractivity (Wildman–Crippen MR) is 139 cm³/mol. The summed E-state index contributed by atoms with van der Waals surface area (Å²) >= 11 is 0. The van der Waals surface area contributed by atoms with E-state index < -0.39 is 26.0 Å². The monoisotopic (exact) mass is 561 g/mol. The van der Waals surface area contributed by atoms with Gasteiger partial charge in [-0.1, -0.05) is 0 Å². The van der Waals surface area contributed by atoms with Crippen molar-refractivity contribution in [2.24, 2.45) is 0 Å². The quantitative estimate of drug-likeness (QED) is 0.421. The van der Waals surface area contributed by atoms with Crippen molar-refractivity contribution in [2.45, 2.75) is 23.6 Å². The van der Waals surface area contributed by atoms with Crippen molar-refractivity contribution >= 4 is 37.6 Å². The van der Waals surface area contributed by atoms with Crippen LogP contribution in [0.3, 0.4) is 0 Å². The summed E-state index contributed by atoms with van der Waals surface area (Å²) in [5.74, 6) is -0.489. The van der Waals surface area contributed by atoms with E-state index in [1.54, 1.807) is 19.9 Å². The number of morpholine rings is 1. The summed E-state index contributed by atoms with van der Waals surface area (Å²) in [4.78, 5) is 21.1. The molecule has 38 heavy (non-hydrogen) atoms. The molecule has 1 fully saturated rings. The first-order valence-corrected chi connectivity index (χ1v) is 14.4. The Morgan fingerprint density at radius 3 is 2.13 bits per heavy atom. The zero-order valence-corrected chi connectivity index (χ0v) is 22.6. The SMILES string of the molecule is COc1ccc(S(=O)(=O)N2CCOCC2)cc1C(=O)Nc1ccc(S(=O)(=O)Nc2nc(C)cc(C)n2)cc1. The third kappa shape index (κ3) is 6.10. The lowest BCUT2D eigenvalue weighted by molar-refractivity contribution is 0.0730. The van der Waals surface area contributed by atoms with E-state index in [0.717, 1.165) is 0 Å². The minimum atomic E-state index is -3.98. The van der Waals surface area contributed by atoms with Crippen LogP contribution in [0.1, 0.15) is 21.7 Å². The molecule has 2 aromatic carbocycles. The fourth-order valence-electron chi connectivity index (χ4n) is 3.83. The Labute approximate surface area is 221 Å². The highest BCUT2D eigenvalue weighted by atomic mass is 32.2. The normalized spacial score (nSPS) is 14.6. The predicted octanol–water partition coefficient (Wildman–Crippen LogP) is 2.18. The van der Waals surface area contributed by atoms with Gasteiger partial charge >= 0.3 is 0 Å². The van der Waals surface area contributed by atoms with Gasteiger partial charge in [-0.25, -0.2) is 31.5 Å². The average molecular weight is 562 g/mol. The van der Waals surface area contributed by atoms with Crippen LogP contribution >= 0.6 is 0 Å². The van der Waals surface area contributed by atoms with Crippen LogP contribution in [0.2, 0.25) is 0 Å². The summed E-state index contributed by atoms with van der Waals surface area (Å²) in [5.41, 5.74) is 1.53. The average Bonchev–Trinajstić information content (AvgIpc) is 2.88. The number of ether oxygens (including phenoxy) is 2. The maximum absolute atomic E-state index is 13.1. The number of nitrogens with one attached hydrogen (secondary N) is 2. The Balaban J connectivity index is 1.53. The number of aryl methyl sites for hydroxylation is 2. The minimum absolute atomic E-state index is 0.00663. The molecule has 0 spiro atoms. The maximum atomic E-state index is 13.1. The highest BCUT2D eigenvalue weighted by molar-refractivity contribution is 7.92. The van der Waals surface area contributed by atoms with Crippen LogP contribution in [0.25, 0.3) is 0 Å². The fraction of sp³-hybridized carbons (Fsp3) is 0.292. The van der Waals surface area contributed by atoms with Crippen molar-refractivity contribution in [2.75, 3.05) is 43.5 Å². The number of carbonyl (C=O) groups is 1. The van der Waals surface area contributed by atoms with Crippen LogP contribution in [-0.2, 0) is 24.8 Å². The van der Waals surface area contributed by atoms with Gasteiger partial charge in [0.25, 0.3) is 15.9 Å². The summed E-state index contributed by atoms with van der Waals surface area (Å²) < 4.78 is 65.7. The third-order valence-corrected chi connectivity index (χ3v) is 8.89. The molecule has 3 aromatic rings. The zero-order valence-electron chi connectivity index (χ0n) is 21.0. The van der Waals surface area contributed by atoms with E-state index in [1.807, 2.05) is 0 Å². The fourth-order valence-corrected chi connectivity index (χ4v) is 6.21. The van der Waals surface area contributed by atoms with Gasteiger partial charge in [0, 0.05) is 30.2 Å². The van der Waals surface area contributed by atoms with Crippen LogP contribution in [0.5, 0.6) is 5.75 Å². The second-order valence-corrected chi connectivity index (χ2v) is 12.1. The highest BCUT2D eigenvalue weighted by Gasteiger charge is 2.28. The van der Waals surface area contributed by atoms with Crippen molar-refractivity contribution in [1.82, 2.24) is 14.3 Å². The Bertz CT molecular complexity index is 1530. The highest BCUT2D eigenvalue weighted by Crippen LogP contribution is 2.26. The van der Waals surface area contributed by atoms with Gasteiger partial charge in [0.15, 0.2) is 0 Å². The number of hydrogen-bond acceptors (Lipinski definition) is 9. The molecule has 0 aliphatic carbocycles. The lowest BCUT2D eigenvalue weighted by Crippen LogP contribution is -2.40. The number of nitrogens with zero attached hydrogens (tertiary/aromatic N) is 3. The topological polar surface area (TPSA) is 157 Å². The molecule has 0 saturated carbocycles. The first-order chi connectivity index (χ1) is 18.0. The van der Waals surface area contributed by atoms with Crippen LogP contribution < -0.4 is 14.8 Å². The molecule has 0 atom stereocenters. The largest absolute Gasteiger partial charge is 0.496 e. The number of aromatic nitrogens is 2. The van der Waals surface area contributed by atoms with Gasteiger partial charge in [-0.05, 0) is 62.4 Å². The van der Waals surface area contributed by atoms with Crippen molar-refractivity contribution in [1.29, 1.82) is 0 Å². The molecule has 2 heterocycles. The smallest absolute Gasteiger partial charge is 0.264 e. The number of hydrogen-bond donors (Lipinski definition) is 2. The van der Waals surface area contributed by atoms with Crippen LogP contribution in [0, 0.1) is 13.8 Å². The molecule has 1 amide bonds. The van der Waals surface area contributed by atoms with E-state index in [2.05, 4.69) is 20.0 Å². The molecule has 4 rings (SSSR count). The molecule has 202 valence electrons. The van der Waals surface area contributed by atoms with Gasteiger partial charge in [-0.3, -0.25) is 4.79 Å². The Morgan fingerprint density at radius 1 is 0.921 bits per heavy atom. The van der Waals surface area contributed by atoms with E-state index in [1.165, 1.54) is 53.9 Å². The van der Waals surface area contributed by atoms with Crippen molar-refractivity contribution in [3.63, 3.8) is 0 Å². The molecule has 2 N–H and O–H groups in total. The van der Waals surface area contributed by atoms with Gasteiger partial charge in [0.1, 0.15) is 5.75 Å². The number of methoxy groups -OCH3 is 1. The van der Waals surface area contributed by atoms with Crippen LogP contribution in [0.4, 0.5) is 11.6 Å². The molecule has 0 bridgehead atoms. The molecule has 1 saturated heterocycles. The van der Waals surface area contributed by atoms with Crippen LogP contribution in [0.15, 0.2) is 58.3 Å². The molecule has 12 nitrogen and oxygen atoms in total. The number of sulfonamides is 2. The summed E-state index contributed by atoms with van der Waals surface area (Å²) in [6, 6.07) is 11.2. The second kappa shape index (κ2) is 11.0. The van der Waals surface area contributed by atoms with Crippen molar-refractivity contribution in [3.05, 3.63) is 65.5 Å². The summed E-state index contributed by atoms with van der Waals surface area (Å²) in [7, 11) is -6.44. The molecule has 1 aliphatic rings.